The number of nitrogens with zero attached hydrogens (tertiary/aromatic N) is 1. The van der Waals surface area contributed by atoms with Gasteiger partial charge in [0.2, 0.25) is 0 Å². The standard InChI is InChI=1S/C14H16ClF3N2/c1-4-8(2)5-6-10-11(9(3)19)7-12(14(16,17)18)20-13(10)15/h7,19H,2,4-6H2,1,3H3. The molecule has 1 N–H and O–H groups in total. The van der Waals surface area contributed by atoms with E-state index in [4.69, 9.17) is 17.0 Å². The van der Waals surface area contributed by atoms with E-state index in [0.29, 0.717) is 18.4 Å². The zero-order valence-corrected chi connectivity index (χ0v) is 12.1. The van der Waals surface area contributed by atoms with Gasteiger partial charge in [-0.25, -0.2) is 4.98 Å². The lowest BCUT2D eigenvalue weighted by molar-refractivity contribution is -0.141. The van der Waals surface area contributed by atoms with Crippen molar-refractivity contribution in [2.24, 2.45) is 0 Å². The minimum atomic E-state index is -4.57. The maximum atomic E-state index is 12.7. The van der Waals surface area contributed by atoms with E-state index >= 15 is 0 Å². The number of hydrogen-bond acceptors (Lipinski definition) is 2. The van der Waals surface area contributed by atoms with E-state index in [1.54, 1.807) is 0 Å². The van der Waals surface area contributed by atoms with Crippen LogP contribution in [0.1, 0.15) is 43.5 Å². The molecule has 0 aliphatic rings. The minimum Gasteiger partial charge on any atom is -0.305 e. The number of pyridine rings is 1. The number of alkyl halides is 3. The predicted octanol–water partition coefficient (Wildman–Crippen LogP) is 5.04. The fraction of sp³-hybridized carbons (Fsp3) is 0.429. The molecule has 0 amide bonds. The monoisotopic (exact) mass is 304 g/mol. The van der Waals surface area contributed by atoms with Crippen LogP contribution in [0.25, 0.3) is 0 Å². The van der Waals surface area contributed by atoms with E-state index in [-0.39, 0.29) is 16.4 Å². The van der Waals surface area contributed by atoms with Crippen molar-refractivity contribution < 1.29 is 13.2 Å². The first-order valence-electron chi connectivity index (χ1n) is 6.15. The number of halogens is 4. The van der Waals surface area contributed by atoms with Crippen LogP contribution in [0.4, 0.5) is 13.2 Å². The van der Waals surface area contributed by atoms with E-state index < -0.39 is 11.9 Å². The summed E-state index contributed by atoms with van der Waals surface area (Å²) in [6.07, 6.45) is -2.73. The van der Waals surface area contributed by atoms with Crippen LogP contribution >= 0.6 is 11.6 Å². The minimum absolute atomic E-state index is 0.0388. The van der Waals surface area contributed by atoms with E-state index in [1.165, 1.54) is 6.92 Å². The third-order valence-electron chi connectivity index (χ3n) is 3.00. The highest BCUT2D eigenvalue weighted by Gasteiger charge is 2.34. The number of rotatable bonds is 5. The summed E-state index contributed by atoms with van der Waals surface area (Å²) in [5.74, 6) is 0. The average molecular weight is 305 g/mol. The summed E-state index contributed by atoms with van der Waals surface area (Å²) in [5, 5.41) is 7.44. The van der Waals surface area contributed by atoms with Crippen LogP contribution in [0.15, 0.2) is 18.2 Å². The molecule has 0 saturated carbocycles. The number of nitrogens with one attached hydrogen (secondary N) is 1. The van der Waals surface area contributed by atoms with Gasteiger partial charge in [0.05, 0.1) is 0 Å². The molecule has 110 valence electrons. The van der Waals surface area contributed by atoms with E-state index in [9.17, 15) is 13.2 Å². The summed E-state index contributed by atoms with van der Waals surface area (Å²) in [6.45, 7) is 7.24. The molecule has 0 unspecified atom stereocenters. The molecule has 2 nitrogen and oxygen atoms in total. The maximum Gasteiger partial charge on any atom is 0.433 e. The van der Waals surface area contributed by atoms with Crippen LogP contribution in [0.2, 0.25) is 5.15 Å². The Labute approximate surface area is 121 Å². The number of allylic oxidation sites excluding steroid dienone is 1. The number of hydrogen-bond donors (Lipinski definition) is 1. The molecule has 0 atom stereocenters. The lowest BCUT2D eigenvalue weighted by atomic mass is 9.98. The van der Waals surface area contributed by atoms with Gasteiger partial charge in [-0.15, -0.1) is 0 Å². The largest absolute Gasteiger partial charge is 0.433 e. The van der Waals surface area contributed by atoms with Crippen molar-refractivity contribution in [2.45, 2.75) is 39.3 Å². The average Bonchev–Trinajstić information content (AvgIpc) is 2.34. The predicted molar refractivity (Wildman–Crippen MR) is 74.5 cm³/mol. The topological polar surface area (TPSA) is 36.7 Å². The van der Waals surface area contributed by atoms with E-state index in [2.05, 4.69) is 11.6 Å². The second-order valence-electron chi connectivity index (χ2n) is 4.55. The van der Waals surface area contributed by atoms with E-state index in [1.807, 2.05) is 6.92 Å². The summed E-state index contributed by atoms with van der Waals surface area (Å²) in [4.78, 5) is 3.41. The van der Waals surface area contributed by atoms with Crippen LogP contribution in [-0.2, 0) is 12.6 Å². The molecule has 0 fully saturated rings. The van der Waals surface area contributed by atoms with Gasteiger partial charge in [0.15, 0.2) is 0 Å². The van der Waals surface area contributed by atoms with E-state index in [0.717, 1.165) is 18.1 Å². The molecule has 1 heterocycles. The third-order valence-corrected chi connectivity index (χ3v) is 3.31. The zero-order chi connectivity index (χ0) is 15.5. The molecular weight excluding hydrogens is 289 g/mol. The summed E-state index contributed by atoms with van der Waals surface area (Å²) >= 11 is 5.87. The van der Waals surface area contributed by atoms with Gasteiger partial charge in [-0.2, -0.15) is 13.2 Å². The SMILES string of the molecule is C=C(CC)CCc1c(C(C)=N)cc(C(F)(F)F)nc1Cl. The fourth-order valence-electron chi connectivity index (χ4n) is 1.74. The van der Waals surface area contributed by atoms with Crippen molar-refractivity contribution in [3.8, 4) is 0 Å². The zero-order valence-electron chi connectivity index (χ0n) is 11.4. The van der Waals surface area contributed by atoms with Gasteiger partial charge in [0.25, 0.3) is 0 Å². The molecule has 0 radical (unpaired) electrons. The molecular formula is C14H16ClF3N2. The first kappa shape index (κ1) is 16.7. The van der Waals surface area contributed by atoms with Gasteiger partial charge in [-0.3, -0.25) is 0 Å². The van der Waals surface area contributed by atoms with Crippen molar-refractivity contribution in [3.63, 3.8) is 0 Å². The molecule has 0 aliphatic heterocycles. The molecule has 0 aliphatic carbocycles. The molecule has 0 spiro atoms. The van der Waals surface area contributed by atoms with Gasteiger partial charge in [-0.1, -0.05) is 30.7 Å². The quantitative estimate of drug-likeness (QED) is 0.462. The second-order valence-corrected chi connectivity index (χ2v) is 4.91. The lowest BCUT2D eigenvalue weighted by Gasteiger charge is -2.14. The van der Waals surface area contributed by atoms with Gasteiger partial charge in [0.1, 0.15) is 10.8 Å². The second kappa shape index (κ2) is 6.39. The van der Waals surface area contributed by atoms with Gasteiger partial charge < -0.3 is 5.41 Å². The van der Waals surface area contributed by atoms with Crippen molar-refractivity contribution in [2.75, 3.05) is 0 Å². The Balaban J connectivity index is 3.23. The van der Waals surface area contributed by atoms with Crippen LogP contribution in [-0.4, -0.2) is 10.7 Å². The highest BCUT2D eigenvalue weighted by atomic mass is 35.5. The molecule has 0 bridgehead atoms. The summed E-state index contributed by atoms with van der Waals surface area (Å²) < 4.78 is 38.1. The molecule has 1 aromatic heterocycles. The lowest BCUT2D eigenvalue weighted by Crippen LogP contribution is -2.13. The van der Waals surface area contributed by atoms with Gasteiger partial charge in [0, 0.05) is 11.3 Å². The summed E-state index contributed by atoms with van der Waals surface area (Å²) in [7, 11) is 0. The Morgan fingerprint density at radius 3 is 2.50 bits per heavy atom. The van der Waals surface area contributed by atoms with Crippen LogP contribution in [0.3, 0.4) is 0 Å². The van der Waals surface area contributed by atoms with Crippen LogP contribution < -0.4 is 0 Å². The van der Waals surface area contributed by atoms with Crippen LogP contribution in [0.5, 0.6) is 0 Å². The number of aromatic nitrogens is 1. The molecule has 6 heteroatoms. The van der Waals surface area contributed by atoms with Gasteiger partial charge in [-0.05, 0) is 37.8 Å². The van der Waals surface area contributed by atoms with Gasteiger partial charge >= 0.3 is 6.18 Å². The Kier molecular flexibility index (Phi) is 5.34. The molecule has 1 rings (SSSR count). The summed E-state index contributed by atoms with van der Waals surface area (Å²) in [5.41, 5.74) is 0.622. The Morgan fingerprint density at radius 1 is 1.45 bits per heavy atom. The molecule has 0 aromatic carbocycles. The molecule has 20 heavy (non-hydrogen) atoms. The first-order valence-corrected chi connectivity index (χ1v) is 6.53. The first-order chi connectivity index (χ1) is 9.16. The molecule has 0 saturated heterocycles. The highest BCUT2D eigenvalue weighted by Crippen LogP contribution is 2.32. The maximum absolute atomic E-state index is 12.7. The van der Waals surface area contributed by atoms with Crippen molar-refractivity contribution in [1.29, 1.82) is 5.41 Å². The van der Waals surface area contributed by atoms with Crippen molar-refractivity contribution in [1.82, 2.24) is 4.98 Å². The Hall–Kier alpha value is -1.36. The highest BCUT2D eigenvalue weighted by molar-refractivity contribution is 6.30. The third kappa shape index (κ3) is 4.07. The molecule has 1 aromatic rings. The Bertz CT molecular complexity index is 536. The Morgan fingerprint density at radius 2 is 2.05 bits per heavy atom. The smallest absolute Gasteiger partial charge is 0.305 e. The fourth-order valence-corrected chi connectivity index (χ4v) is 2.02. The summed E-state index contributed by atoms with van der Waals surface area (Å²) in [6, 6.07) is 0.887. The van der Waals surface area contributed by atoms with Crippen molar-refractivity contribution >= 4 is 17.3 Å². The van der Waals surface area contributed by atoms with Crippen LogP contribution in [0, 0.1) is 5.41 Å². The normalized spacial score (nSPS) is 11.5. The van der Waals surface area contributed by atoms with Crippen molar-refractivity contribution in [3.05, 3.63) is 40.2 Å².